The third-order valence-corrected chi connectivity index (χ3v) is 1.69. The minimum Gasteiger partial charge on any atom is -0.411 e. The summed E-state index contributed by atoms with van der Waals surface area (Å²) in [5.41, 5.74) is 1.81. The zero-order valence-electron chi connectivity index (χ0n) is 6.20. The summed E-state index contributed by atoms with van der Waals surface area (Å²) < 4.78 is 0. The summed E-state index contributed by atoms with van der Waals surface area (Å²) in [5, 5.41) is 11.8. The first kappa shape index (κ1) is 7.06. The van der Waals surface area contributed by atoms with Gasteiger partial charge >= 0.3 is 0 Å². The number of nitrogens with zero attached hydrogens (tertiary/aromatic N) is 1. The number of oxime groups is 1. The van der Waals surface area contributed by atoms with Crippen LogP contribution < -0.4 is 0 Å². The highest BCUT2D eigenvalue weighted by Crippen LogP contribution is 2.14. The van der Waals surface area contributed by atoms with Crippen molar-refractivity contribution in [2.24, 2.45) is 11.1 Å². The fraction of sp³-hybridized carbons (Fsp3) is 0.375. The molecule has 54 valence electrons. The van der Waals surface area contributed by atoms with Gasteiger partial charge in [0.05, 0.1) is 5.71 Å². The van der Waals surface area contributed by atoms with Gasteiger partial charge in [-0.15, -0.1) is 0 Å². The minimum absolute atomic E-state index is 0.245. The van der Waals surface area contributed by atoms with Crippen molar-refractivity contribution < 1.29 is 5.21 Å². The van der Waals surface area contributed by atoms with Gasteiger partial charge in [-0.05, 0) is 12.5 Å². The lowest BCUT2D eigenvalue weighted by Gasteiger charge is -2.12. The van der Waals surface area contributed by atoms with Crippen molar-refractivity contribution >= 4 is 5.71 Å². The first-order valence-corrected chi connectivity index (χ1v) is 3.33. The largest absolute Gasteiger partial charge is 0.411 e. The monoisotopic (exact) mass is 137 g/mol. The number of hydrogen-bond donors (Lipinski definition) is 1. The topological polar surface area (TPSA) is 32.6 Å². The molecule has 2 nitrogen and oxygen atoms in total. The van der Waals surface area contributed by atoms with E-state index in [4.69, 9.17) is 5.21 Å². The van der Waals surface area contributed by atoms with Crippen molar-refractivity contribution in [1.29, 1.82) is 0 Å². The van der Waals surface area contributed by atoms with E-state index in [1.54, 1.807) is 0 Å². The summed E-state index contributed by atoms with van der Waals surface area (Å²) >= 11 is 0. The molecule has 2 heteroatoms. The molecule has 0 aromatic rings. The highest BCUT2D eigenvalue weighted by molar-refractivity contribution is 6.02. The van der Waals surface area contributed by atoms with Gasteiger partial charge in [0.15, 0.2) is 0 Å². The second kappa shape index (κ2) is 2.69. The highest BCUT2D eigenvalue weighted by atomic mass is 16.4. The maximum Gasteiger partial charge on any atom is 0.0890 e. The third-order valence-electron chi connectivity index (χ3n) is 1.69. The molecule has 0 bridgehead atoms. The second-order valence-electron chi connectivity index (χ2n) is 2.51. The van der Waals surface area contributed by atoms with Gasteiger partial charge in [-0.2, -0.15) is 0 Å². The van der Waals surface area contributed by atoms with E-state index in [-0.39, 0.29) is 5.92 Å². The second-order valence-corrected chi connectivity index (χ2v) is 2.51. The highest BCUT2D eigenvalue weighted by Gasteiger charge is 2.11. The summed E-state index contributed by atoms with van der Waals surface area (Å²) in [4.78, 5) is 0. The summed E-state index contributed by atoms with van der Waals surface area (Å²) in [6.07, 6.45) is 5.92. The van der Waals surface area contributed by atoms with Crippen molar-refractivity contribution in [1.82, 2.24) is 0 Å². The fourth-order valence-electron chi connectivity index (χ4n) is 1.07. The van der Waals surface area contributed by atoms with Gasteiger partial charge in [0.25, 0.3) is 0 Å². The van der Waals surface area contributed by atoms with Gasteiger partial charge in [-0.1, -0.05) is 30.3 Å². The van der Waals surface area contributed by atoms with Crippen molar-refractivity contribution in [2.75, 3.05) is 0 Å². The smallest absolute Gasteiger partial charge is 0.0890 e. The van der Waals surface area contributed by atoms with Crippen LogP contribution in [0.3, 0.4) is 0 Å². The summed E-state index contributed by atoms with van der Waals surface area (Å²) in [6, 6.07) is 0. The first-order valence-electron chi connectivity index (χ1n) is 3.33. The molecule has 0 aliphatic heterocycles. The van der Waals surface area contributed by atoms with E-state index >= 15 is 0 Å². The molecule has 0 amide bonds. The average Bonchev–Trinajstić information content (AvgIpc) is 1.88. The molecule has 0 heterocycles. The molecule has 1 atom stereocenters. The Hall–Kier alpha value is -1.05. The van der Waals surface area contributed by atoms with Crippen LogP contribution in [-0.2, 0) is 0 Å². The van der Waals surface area contributed by atoms with Gasteiger partial charge in [0.1, 0.15) is 0 Å². The van der Waals surface area contributed by atoms with Crippen LogP contribution in [0.1, 0.15) is 13.8 Å². The van der Waals surface area contributed by atoms with Crippen LogP contribution >= 0.6 is 0 Å². The molecule has 0 radical (unpaired) electrons. The van der Waals surface area contributed by atoms with Crippen molar-refractivity contribution in [2.45, 2.75) is 13.8 Å². The SMILES string of the molecule is CC1=CC=CC(C)C1=NO. The van der Waals surface area contributed by atoms with E-state index < -0.39 is 0 Å². The molecule has 10 heavy (non-hydrogen) atoms. The molecule has 0 spiro atoms. The molecular formula is C8H11NO. The average molecular weight is 137 g/mol. The van der Waals surface area contributed by atoms with Crippen molar-refractivity contribution in [3.05, 3.63) is 23.8 Å². The maximum absolute atomic E-state index is 8.55. The molecule has 0 saturated heterocycles. The van der Waals surface area contributed by atoms with E-state index in [0.29, 0.717) is 0 Å². The molecule has 1 N–H and O–H groups in total. The van der Waals surface area contributed by atoms with Crippen LogP contribution in [0.4, 0.5) is 0 Å². The lowest BCUT2D eigenvalue weighted by Crippen LogP contribution is -2.12. The predicted octanol–water partition coefficient (Wildman–Crippen LogP) is 1.97. The van der Waals surface area contributed by atoms with Gasteiger partial charge in [0, 0.05) is 5.92 Å². The molecule has 1 unspecified atom stereocenters. The lowest BCUT2D eigenvalue weighted by atomic mass is 9.95. The molecule has 1 aliphatic carbocycles. The Morgan fingerprint density at radius 2 is 2.30 bits per heavy atom. The Labute approximate surface area is 60.6 Å². The Bertz CT molecular complexity index is 213. The Morgan fingerprint density at radius 3 is 2.70 bits per heavy atom. The summed E-state index contributed by atoms with van der Waals surface area (Å²) in [5.74, 6) is 0.245. The van der Waals surface area contributed by atoms with E-state index in [1.165, 1.54) is 0 Å². The number of allylic oxidation sites excluding steroid dienone is 4. The molecule has 0 aromatic carbocycles. The van der Waals surface area contributed by atoms with Crippen LogP contribution in [0.2, 0.25) is 0 Å². The van der Waals surface area contributed by atoms with E-state index in [2.05, 4.69) is 5.16 Å². The van der Waals surface area contributed by atoms with Crippen molar-refractivity contribution in [3.63, 3.8) is 0 Å². The molecular weight excluding hydrogens is 126 g/mol. The van der Waals surface area contributed by atoms with Crippen LogP contribution in [-0.4, -0.2) is 10.9 Å². The normalized spacial score (nSPS) is 28.8. The fourth-order valence-corrected chi connectivity index (χ4v) is 1.07. The Morgan fingerprint density at radius 1 is 1.60 bits per heavy atom. The standard InChI is InChI=1S/C8H11NO/c1-6-4-3-5-7(2)8(6)9-10/h3-6,10H,1-2H3. The van der Waals surface area contributed by atoms with E-state index in [0.717, 1.165) is 11.3 Å². The molecule has 1 rings (SSSR count). The summed E-state index contributed by atoms with van der Waals surface area (Å²) in [7, 11) is 0. The van der Waals surface area contributed by atoms with Gasteiger partial charge in [-0.25, -0.2) is 0 Å². The Balaban J connectivity index is 2.93. The maximum atomic E-state index is 8.55. The molecule has 0 aromatic heterocycles. The van der Waals surface area contributed by atoms with Crippen LogP contribution in [0.5, 0.6) is 0 Å². The quantitative estimate of drug-likeness (QED) is 0.402. The zero-order valence-corrected chi connectivity index (χ0v) is 6.20. The van der Waals surface area contributed by atoms with Crippen molar-refractivity contribution in [3.8, 4) is 0 Å². The Kier molecular flexibility index (Phi) is 1.90. The number of hydrogen-bond acceptors (Lipinski definition) is 2. The predicted molar refractivity (Wildman–Crippen MR) is 41.3 cm³/mol. The third kappa shape index (κ3) is 1.10. The number of rotatable bonds is 0. The van der Waals surface area contributed by atoms with E-state index in [9.17, 15) is 0 Å². The minimum atomic E-state index is 0.245. The van der Waals surface area contributed by atoms with Gasteiger partial charge < -0.3 is 5.21 Å². The van der Waals surface area contributed by atoms with Crippen LogP contribution in [0, 0.1) is 5.92 Å². The lowest BCUT2D eigenvalue weighted by molar-refractivity contribution is 0.316. The first-order chi connectivity index (χ1) is 4.75. The molecule has 1 aliphatic rings. The van der Waals surface area contributed by atoms with Crippen LogP contribution in [0.25, 0.3) is 0 Å². The van der Waals surface area contributed by atoms with Gasteiger partial charge in [-0.3, -0.25) is 0 Å². The zero-order chi connectivity index (χ0) is 7.56. The molecule has 0 saturated carbocycles. The van der Waals surface area contributed by atoms with E-state index in [1.807, 2.05) is 32.1 Å². The summed E-state index contributed by atoms with van der Waals surface area (Å²) in [6.45, 7) is 3.94. The van der Waals surface area contributed by atoms with Gasteiger partial charge in [0.2, 0.25) is 0 Å². The molecule has 0 fully saturated rings. The van der Waals surface area contributed by atoms with Crippen LogP contribution in [0.15, 0.2) is 29.0 Å².